The van der Waals surface area contributed by atoms with E-state index in [0.29, 0.717) is 18.1 Å². The lowest BCUT2D eigenvalue weighted by molar-refractivity contribution is 0.128. The van der Waals surface area contributed by atoms with E-state index in [1.165, 1.54) is 12.8 Å². The molecule has 1 atom stereocenters. The number of rotatable bonds is 9. The average molecular weight is 364 g/mol. The van der Waals surface area contributed by atoms with Gasteiger partial charge in [0, 0.05) is 46.4 Å². The summed E-state index contributed by atoms with van der Waals surface area (Å²) in [5.74, 6) is 2.68. The molecule has 1 aromatic heterocycles. The molecule has 0 saturated heterocycles. The van der Waals surface area contributed by atoms with Gasteiger partial charge in [0.05, 0.1) is 6.54 Å². The van der Waals surface area contributed by atoms with Gasteiger partial charge in [0.2, 0.25) is 0 Å². The molecule has 1 unspecified atom stereocenters. The minimum Gasteiger partial charge on any atom is -0.382 e. The summed E-state index contributed by atoms with van der Waals surface area (Å²) in [6.45, 7) is 5.93. The minimum absolute atomic E-state index is 0.310. The van der Waals surface area contributed by atoms with Crippen LogP contribution in [-0.2, 0) is 29.0 Å². The molecule has 0 radical (unpaired) electrons. The van der Waals surface area contributed by atoms with E-state index in [2.05, 4.69) is 25.7 Å². The van der Waals surface area contributed by atoms with Crippen molar-refractivity contribution in [3.8, 4) is 0 Å². The molecule has 0 bridgehead atoms. The third-order valence-corrected chi connectivity index (χ3v) is 5.31. The lowest BCUT2D eigenvalue weighted by Crippen LogP contribution is -2.48. The first kappa shape index (κ1) is 19.1. The third kappa shape index (κ3) is 4.94. The van der Waals surface area contributed by atoms with Crippen molar-refractivity contribution < 1.29 is 9.47 Å². The zero-order valence-electron chi connectivity index (χ0n) is 16.3. The molecular weight excluding hydrogens is 332 g/mol. The van der Waals surface area contributed by atoms with Gasteiger partial charge in [-0.25, -0.2) is 9.67 Å². The fourth-order valence-electron chi connectivity index (χ4n) is 3.45. The van der Waals surface area contributed by atoms with Crippen molar-refractivity contribution in [2.75, 3.05) is 33.9 Å². The Hall–Kier alpha value is -1.67. The van der Waals surface area contributed by atoms with E-state index in [-0.39, 0.29) is 0 Å². The first-order valence-electron chi connectivity index (χ1n) is 9.64. The van der Waals surface area contributed by atoms with Crippen molar-refractivity contribution in [2.45, 2.75) is 58.2 Å². The lowest BCUT2D eigenvalue weighted by Gasteiger charge is -2.26. The van der Waals surface area contributed by atoms with Gasteiger partial charge in [-0.3, -0.25) is 4.99 Å². The Morgan fingerprint density at radius 3 is 2.96 bits per heavy atom. The van der Waals surface area contributed by atoms with Crippen molar-refractivity contribution in [2.24, 2.45) is 10.4 Å². The number of hydrogen-bond donors (Lipinski definition) is 2. The van der Waals surface area contributed by atoms with Crippen molar-refractivity contribution in [1.29, 1.82) is 0 Å². The highest BCUT2D eigenvalue weighted by Crippen LogP contribution is 2.48. The van der Waals surface area contributed by atoms with Crippen molar-refractivity contribution in [3.63, 3.8) is 0 Å². The van der Waals surface area contributed by atoms with E-state index in [4.69, 9.17) is 9.47 Å². The van der Waals surface area contributed by atoms with Crippen LogP contribution in [0.1, 0.15) is 44.3 Å². The van der Waals surface area contributed by atoms with Gasteiger partial charge in [0.15, 0.2) is 11.8 Å². The summed E-state index contributed by atoms with van der Waals surface area (Å²) in [6, 6.07) is 0.310. The van der Waals surface area contributed by atoms with E-state index in [1.54, 1.807) is 7.11 Å². The maximum absolute atomic E-state index is 5.52. The maximum atomic E-state index is 5.52. The Morgan fingerprint density at radius 1 is 1.42 bits per heavy atom. The number of hydrogen-bond acceptors (Lipinski definition) is 5. The molecule has 1 fully saturated rings. The maximum Gasteiger partial charge on any atom is 0.191 e. The summed E-state index contributed by atoms with van der Waals surface area (Å²) in [5, 5.41) is 11.6. The number of ether oxygens (including phenoxy) is 2. The predicted octanol–water partition coefficient (Wildman–Crippen LogP) is 1.11. The molecule has 8 nitrogen and oxygen atoms in total. The van der Waals surface area contributed by atoms with Gasteiger partial charge in [-0.1, -0.05) is 0 Å². The summed E-state index contributed by atoms with van der Waals surface area (Å²) >= 11 is 0. The monoisotopic (exact) mass is 364 g/mol. The summed E-state index contributed by atoms with van der Waals surface area (Å²) in [6.07, 6.45) is 5.63. The molecule has 2 heterocycles. The van der Waals surface area contributed by atoms with Crippen LogP contribution >= 0.6 is 0 Å². The number of aryl methyl sites for hydroxylation is 1. The van der Waals surface area contributed by atoms with E-state index in [1.807, 2.05) is 18.7 Å². The van der Waals surface area contributed by atoms with Crippen molar-refractivity contribution in [3.05, 3.63) is 11.6 Å². The second kappa shape index (κ2) is 8.81. The second-order valence-electron chi connectivity index (χ2n) is 7.31. The summed E-state index contributed by atoms with van der Waals surface area (Å²) in [5.41, 5.74) is 0.396. The Balaban J connectivity index is 1.46. The fourth-order valence-corrected chi connectivity index (χ4v) is 3.45. The smallest absolute Gasteiger partial charge is 0.191 e. The Bertz CT molecular complexity index is 611. The van der Waals surface area contributed by atoms with Crippen LogP contribution in [0.2, 0.25) is 0 Å². The molecule has 1 aromatic rings. The molecule has 26 heavy (non-hydrogen) atoms. The van der Waals surface area contributed by atoms with E-state index in [0.717, 1.165) is 63.2 Å². The molecule has 8 heteroatoms. The van der Waals surface area contributed by atoms with Gasteiger partial charge in [-0.2, -0.15) is 5.10 Å². The highest BCUT2D eigenvalue weighted by Gasteiger charge is 2.42. The molecule has 2 N–H and O–H groups in total. The first-order valence-corrected chi connectivity index (χ1v) is 9.64. The normalized spacial score (nSPS) is 21.3. The van der Waals surface area contributed by atoms with Gasteiger partial charge < -0.3 is 20.1 Å². The molecule has 0 amide bonds. The van der Waals surface area contributed by atoms with Gasteiger partial charge in [0.25, 0.3) is 0 Å². The van der Waals surface area contributed by atoms with Crippen LogP contribution in [0.4, 0.5) is 0 Å². The number of aromatic nitrogens is 3. The summed E-state index contributed by atoms with van der Waals surface area (Å²) < 4.78 is 12.6. The fraction of sp³-hybridized carbons (Fsp3) is 0.833. The van der Waals surface area contributed by atoms with Crippen LogP contribution in [0.3, 0.4) is 0 Å². The molecule has 1 saturated carbocycles. The van der Waals surface area contributed by atoms with Crippen LogP contribution in [0.25, 0.3) is 0 Å². The van der Waals surface area contributed by atoms with Crippen molar-refractivity contribution >= 4 is 5.96 Å². The topological polar surface area (TPSA) is 85.6 Å². The van der Waals surface area contributed by atoms with E-state index < -0.39 is 0 Å². The zero-order valence-corrected chi connectivity index (χ0v) is 16.3. The average Bonchev–Trinajstić information content (AvgIpc) is 3.30. The lowest BCUT2D eigenvalue weighted by atomic mass is 10.0. The summed E-state index contributed by atoms with van der Waals surface area (Å²) in [4.78, 5) is 8.93. The van der Waals surface area contributed by atoms with Gasteiger partial charge in [0.1, 0.15) is 12.4 Å². The largest absolute Gasteiger partial charge is 0.382 e. The highest BCUT2D eigenvalue weighted by atomic mass is 16.5. The number of nitrogens with zero attached hydrogens (tertiary/aromatic N) is 4. The quantitative estimate of drug-likeness (QED) is 0.388. The Kier molecular flexibility index (Phi) is 6.48. The zero-order chi connectivity index (χ0) is 18.4. The predicted molar refractivity (Wildman–Crippen MR) is 100 cm³/mol. The van der Waals surface area contributed by atoms with Crippen LogP contribution in [-0.4, -0.2) is 60.7 Å². The van der Waals surface area contributed by atoms with Crippen LogP contribution in [0.5, 0.6) is 0 Å². The first-order chi connectivity index (χ1) is 12.7. The number of guanidine groups is 1. The van der Waals surface area contributed by atoms with Gasteiger partial charge in [-0.15, -0.1) is 0 Å². The standard InChI is InChI=1S/C18H32N6O2/c1-4-26-10-9-18(7-8-18)13-20-17(19-2)21-14-5-6-16-22-15(12-25-3)23-24(16)11-14/h14H,4-13H2,1-3H3,(H2,19,20,21). The minimum atomic E-state index is 0.310. The molecule has 0 aromatic carbocycles. The van der Waals surface area contributed by atoms with Crippen LogP contribution < -0.4 is 10.6 Å². The van der Waals surface area contributed by atoms with E-state index >= 15 is 0 Å². The van der Waals surface area contributed by atoms with Crippen molar-refractivity contribution in [1.82, 2.24) is 25.4 Å². The number of aliphatic imine (C=N–C) groups is 1. The third-order valence-electron chi connectivity index (χ3n) is 5.31. The van der Waals surface area contributed by atoms with E-state index in [9.17, 15) is 0 Å². The molecule has 146 valence electrons. The van der Waals surface area contributed by atoms with Crippen LogP contribution in [0, 0.1) is 5.41 Å². The molecule has 0 spiro atoms. The number of methoxy groups -OCH3 is 1. The molecular formula is C18H32N6O2. The van der Waals surface area contributed by atoms with Gasteiger partial charge in [-0.05, 0) is 38.0 Å². The van der Waals surface area contributed by atoms with Crippen LogP contribution in [0.15, 0.2) is 4.99 Å². The summed E-state index contributed by atoms with van der Waals surface area (Å²) in [7, 11) is 3.50. The molecule has 3 rings (SSSR count). The Morgan fingerprint density at radius 2 is 2.27 bits per heavy atom. The molecule has 1 aliphatic heterocycles. The Labute approximate surface area is 155 Å². The molecule has 2 aliphatic rings. The number of fused-ring (bicyclic) bond motifs is 1. The number of nitrogens with one attached hydrogen (secondary N) is 2. The highest BCUT2D eigenvalue weighted by molar-refractivity contribution is 5.80. The molecule has 1 aliphatic carbocycles. The second-order valence-corrected chi connectivity index (χ2v) is 7.31. The van der Waals surface area contributed by atoms with Gasteiger partial charge >= 0.3 is 0 Å². The SMILES string of the molecule is CCOCCC1(CNC(=NC)NC2CCc3nc(COC)nn3C2)CC1.